The van der Waals surface area contributed by atoms with Crippen LogP contribution in [0.25, 0.3) is 16.6 Å². The Morgan fingerprint density at radius 3 is 2.42 bits per heavy atom. The number of benzene rings is 4. The molecule has 90 heavy (non-hydrogen) atoms. The Balaban J connectivity index is 0.647. The number of piperidine rings is 2. The van der Waals surface area contributed by atoms with E-state index >= 15 is 0 Å². The number of carbonyl (C=O) groups excluding carboxylic acids is 5. The number of rotatable bonds is 22. The van der Waals surface area contributed by atoms with Crippen molar-refractivity contribution < 1.29 is 42.1 Å². The molecule has 470 valence electrons. The first-order chi connectivity index (χ1) is 43.3. The van der Waals surface area contributed by atoms with Crippen LogP contribution in [0, 0.1) is 33.3 Å². The Morgan fingerprint density at radius 2 is 1.63 bits per heavy atom. The van der Waals surface area contributed by atoms with Gasteiger partial charge in [-0.1, -0.05) is 80.7 Å². The molecule has 5 amide bonds. The minimum Gasteiger partial charge on any atom is -0.455 e. The molecular weight excluding hydrogens is 1180 g/mol. The maximum Gasteiger partial charge on any atom is 0.293 e. The van der Waals surface area contributed by atoms with E-state index in [-0.39, 0.29) is 52.3 Å². The number of allylic oxidation sites excluding steroid dienone is 1. The van der Waals surface area contributed by atoms with Gasteiger partial charge in [-0.05, 0) is 154 Å². The first-order valence-corrected chi connectivity index (χ1v) is 33.1. The molecule has 22 heteroatoms. The van der Waals surface area contributed by atoms with Gasteiger partial charge in [-0.25, -0.2) is 18.1 Å². The molecule has 4 N–H and O–H groups in total. The topological polar surface area (TPSA) is 250 Å². The Morgan fingerprint density at radius 1 is 0.856 bits per heavy atom. The lowest BCUT2D eigenvalue weighted by molar-refractivity contribution is -0.384. The summed E-state index contributed by atoms with van der Waals surface area (Å²) in [5.41, 5.74) is 6.48. The van der Waals surface area contributed by atoms with Gasteiger partial charge in [-0.15, -0.1) is 0 Å². The van der Waals surface area contributed by atoms with E-state index in [1.54, 1.807) is 48.7 Å². The van der Waals surface area contributed by atoms with Crippen LogP contribution in [0.4, 0.5) is 17.1 Å². The standard InChI is InChI=1S/C68H75ClN10O10S/c1-68(2)28-26-49(57(40-68)47-15-17-50(69)18-16-47)44-76-32-34-77(35-33-76)51-19-22-55(61(38-51)89-52-37-48-27-29-70-63(48)72-42-52)64(81)74-90(87,88)53-20-23-58(60(39-53)79(85)86)71-41-46-13-11-31-75(43-46)30-10-8-6-4-3-5-7-9-12-45-14-21-54-56(36-45)67(84)78(66(54)83)59-24-25-62(80)73-65(59)82/h14-23,27,29,36-39,42,46,59,71H,3-8,10-11,13,24-26,28,30-35,40-41,43-44H2,1-2H3,(H,70,72)(H,74,81)(H,73,80,82). The molecule has 3 saturated heterocycles. The summed E-state index contributed by atoms with van der Waals surface area (Å²) in [5.74, 6) is 3.82. The van der Waals surface area contributed by atoms with Gasteiger partial charge in [0.15, 0.2) is 0 Å². The SMILES string of the molecule is CC1(C)CCC(CN2CCN(c3ccc(C(=O)NS(=O)(=O)c4ccc(NCC5CCCN(CCCCCCCCC#Cc6ccc7c(c6)C(=O)N(C6CCC(=O)NC6=O)C7=O)C5)c([N+](=O)[O-])c4)c(Oc4cnc5[nH]ccc5c4)c3)CC2)=C(c2ccc(Cl)cc2)C1. The molecular formula is C68H75ClN10O10S. The molecule has 20 nitrogen and oxygen atoms in total. The Bertz CT molecular complexity index is 3960. The summed E-state index contributed by atoms with van der Waals surface area (Å²) in [4.78, 5) is 91.4. The number of fused-ring (bicyclic) bond motifs is 2. The van der Waals surface area contributed by atoms with Crippen molar-refractivity contribution in [2.75, 3.05) is 69.1 Å². The molecule has 6 aromatic rings. The van der Waals surface area contributed by atoms with Crippen LogP contribution >= 0.6 is 11.6 Å². The third-order valence-electron chi connectivity index (χ3n) is 17.9. The first kappa shape index (κ1) is 63.2. The highest BCUT2D eigenvalue weighted by molar-refractivity contribution is 7.90. The Hall–Kier alpha value is -8.42. The van der Waals surface area contributed by atoms with Gasteiger partial charge in [-0.3, -0.25) is 49.2 Å². The number of aromatic amines is 1. The molecule has 4 aromatic carbocycles. The zero-order valence-corrected chi connectivity index (χ0v) is 52.4. The number of aromatic nitrogens is 2. The highest BCUT2D eigenvalue weighted by Crippen LogP contribution is 2.44. The summed E-state index contributed by atoms with van der Waals surface area (Å²) < 4.78 is 36.6. The number of nitrogens with zero attached hydrogens (tertiary/aromatic N) is 6. The number of carbonyl (C=O) groups is 5. The zero-order chi connectivity index (χ0) is 63.1. The van der Waals surface area contributed by atoms with Crippen molar-refractivity contribution in [2.24, 2.45) is 11.3 Å². The third kappa shape index (κ3) is 15.1. The largest absolute Gasteiger partial charge is 0.455 e. The number of amides is 5. The van der Waals surface area contributed by atoms with E-state index in [4.69, 9.17) is 16.3 Å². The van der Waals surface area contributed by atoms with Gasteiger partial charge >= 0.3 is 0 Å². The van der Waals surface area contributed by atoms with E-state index in [1.807, 2.05) is 18.2 Å². The number of ether oxygens (including phenoxy) is 1. The Kier molecular flexibility index (Phi) is 19.5. The molecule has 2 atom stereocenters. The minimum atomic E-state index is -4.63. The van der Waals surface area contributed by atoms with Crippen molar-refractivity contribution in [1.29, 1.82) is 0 Å². The first-order valence-electron chi connectivity index (χ1n) is 31.2. The predicted octanol–water partition coefficient (Wildman–Crippen LogP) is 11.1. The average Bonchev–Trinajstić information content (AvgIpc) is 1.64. The number of H-pyrrole nitrogens is 1. The Labute approximate surface area is 529 Å². The number of imide groups is 2. The number of halogens is 1. The smallest absolute Gasteiger partial charge is 0.293 e. The van der Waals surface area contributed by atoms with Gasteiger partial charge in [0.05, 0.1) is 32.7 Å². The minimum absolute atomic E-state index is 0.0530. The van der Waals surface area contributed by atoms with Gasteiger partial charge in [-0.2, -0.15) is 0 Å². The summed E-state index contributed by atoms with van der Waals surface area (Å²) >= 11 is 6.28. The third-order valence-corrected chi connectivity index (χ3v) is 19.5. The second-order valence-corrected chi connectivity index (χ2v) is 27.1. The molecule has 6 heterocycles. The molecule has 0 spiro atoms. The summed E-state index contributed by atoms with van der Waals surface area (Å²) in [6.45, 7) is 11.8. The van der Waals surface area contributed by atoms with Gasteiger partial charge in [0.1, 0.15) is 28.9 Å². The number of piperazine rings is 1. The number of likely N-dealkylation sites (tertiary alicyclic amines) is 1. The molecule has 2 unspecified atom stereocenters. The average molecular weight is 1260 g/mol. The van der Waals surface area contributed by atoms with Crippen LogP contribution in [0.15, 0.2) is 114 Å². The highest BCUT2D eigenvalue weighted by atomic mass is 35.5. The lowest BCUT2D eigenvalue weighted by Crippen LogP contribution is -2.54. The van der Waals surface area contributed by atoms with Crippen LogP contribution in [0.2, 0.25) is 5.02 Å². The van der Waals surface area contributed by atoms with Crippen LogP contribution in [-0.2, 0) is 19.6 Å². The summed E-state index contributed by atoms with van der Waals surface area (Å²) in [5, 5.41) is 19.5. The molecule has 5 aliphatic rings. The van der Waals surface area contributed by atoms with Gasteiger partial charge < -0.3 is 24.8 Å². The number of unbranched alkanes of at least 4 members (excludes halogenated alkanes) is 6. The molecule has 4 aliphatic heterocycles. The number of nitro groups is 1. The van der Waals surface area contributed by atoms with E-state index < -0.39 is 61.1 Å². The molecule has 11 rings (SSSR count). The van der Waals surface area contributed by atoms with Crippen LogP contribution in [0.3, 0.4) is 0 Å². The fraction of sp³-hybridized carbons (Fsp3) is 0.412. The second-order valence-electron chi connectivity index (χ2n) is 25.0. The van der Waals surface area contributed by atoms with Gasteiger partial charge in [0.2, 0.25) is 11.8 Å². The van der Waals surface area contributed by atoms with Crippen molar-refractivity contribution in [3.63, 3.8) is 0 Å². The molecule has 0 saturated carbocycles. The van der Waals surface area contributed by atoms with Crippen molar-refractivity contribution in [3.8, 4) is 23.3 Å². The summed E-state index contributed by atoms with van der Waals surface area (Å²) in [7, 11) is -4.63. The van der Waals surface area contributed by atoms with Gasteiger partial charge in [0.25, 0.3) is 33.4 Å². The molecule has 0 radical (unpaired) electrons. The van der Waals surface area contributed by atoms with Crippen molar-refractivity contribution >= 4 is 84.8 Å². The van der Waals surface area contributed by atoms with E-state index in [1.165, 1.54) is 35.0 Å². The number of hydrogen-bond donors (Lipinski definition) is 4. The number of nitrogens with one attached hydrogen (secondary N) is 4. The lowest BCUT2D eigenvalue weighted by Gasteiger charge is -2.39. The molecule has 3 fully saturated rings. The van der Waals surface area contributed by atoms with E-state index in [9.17, 15) is 42.5 Å². The number of nitro benzene ring substituents is 1. The number of hydrogen-bond acceptors (Lipinski definition) is 15. The van der Waals surface area contributed by atoms with Crippen LogP contribution in [0.5, 0.6) is 11.5 Å². The van der Waals surface area contributed by atoms with Crippen LogP contribution < -0.4 is 25.0 Å². The number of anilines is 2. The van der Waals surface area contributed by atoms with Gasteiger partial charge in [0, 0.05) is 98.6 Å². The maximum absolute atomic E-state index is 14.2. The van der Waals surface area contributed by atoms with E-state index in [0.717, 1.165) is 137 Å². The van der Waals surface area contributed by atoms with E-state index in [2.05, 4.69) is 77.8 Å². The molecule has 1 aliphatic carbocycles. The maximum atomic E-state index is 14.2. The zero-order valence-electron chi connectivity index (χ0n) is 50.8. The van der Waals surface area contributed by atoms with Crippen LogP contribution in [0.1, 0.15) is 146 Å². The summed E-state index contributed by atoms with van der Waals surface area (Å²) in [6, 6.07) is 24.3. The highest BCUT2D eigenvalue weighted by Gasteiger charge is 2.45. The van der Waals surface area contributed by atoms with Crippen molar-refractivity contribution in [1.82, 2.24) is 34.7 Å². The number of sulfonamides is 1. The number of pyridine rings is 1. The fourth-order valence-corrected chi connectivity index (χ4v) is 14.1. The molecule has 0 bridgehead atoms. The molecule has 2 aromatic heterocycles. The quantitative estimate of drug-likeness (QED) is 0.0162. The summed E-state index contributed by atoms with van der Waals surface area (Å²) in [6.07, 6.45) is 15.5. The second kappa shape index (κ2) is 27.8. The fourth-order valence-electron chi connectivity index (χ4n) is 12.9. The predicted molar refractivity (Wildman–Crippen MR) is 345 cm³/mol. The lowest BCUT2D eigenvalue weighted by atomic mass is 9.72. The van der Waals surface area contributed by atoms with Crippen molar-refractivity contribution in [3.05, 3.63) is 152 Å². The monoisotopic (exact) mass is 1260 g/mol. The van der Waals surface area contributed by atoms with Crippen LogP contribution in [-0.4, -0.2) is 132 Å². The van der Waals surface area contributed by atoms with E-state index in [0.29, 0.717) is 43.0 Å². The van der Waals surface area contributed by atoms with Crippen molar-refractivity contribution in [2.45, 2.75) is 115 Å². The normalized spacial score (nSPS) is 18.9.